The van der Waals surface area contributed by atoms with Crippen LogP contribution in [0.5, 0.6) is 0 Å². The van der Waals surface area contributed by atoms with Gasteiger partial charge in [0.1, 0.15) is 12.3 Å². The van der Waals surface area contributed by atoms with E-state index in [1.165, 1.54) is 30.4 Å². The smallest absolute Gasteiger partial charge is 0.325 e. The Morgan fingerprint density at radius 2 is 2.05 bits per heavy atom. The summed E-state index contributed by atoms with van der Waals surface area (Å²) in [5.41, 5.74) is 0.278. The molecule has 2 aromatic rings. The molecule has 0 saturated heterocycles. The summed E-state index contributed by atoms with van der Waals surface area (Å²) in [6.07, 6.45) is 0.381. The molecule has 22 heavy (non-hydrogen) atoms. The Hall–Kier alpha value is -2.15. The highest BCUT2D eigenvalue weighted by Gasteiger charge is 2.14. The minimum Gasteiger partial charge on any atom is -0.468 e. The third-order valence-electron chi connectivity index (χ3n) is 3.03. The van der Waals surface area contributed by atoms with Crippen LogP contribution in [0.3, 0.4) is 0 Å². The molecule has 0 bridgehead atoms. The van der Waals surface area contributed by atoms with Crippen LogP contribution in [0.2, 0.25) is 0 Å². The number of nitrogens with zero attached hydrogens (tertiary/aromatic N) is 2. The molecule has 0 aliphatic heterocycles. The second-order valence-corrected chi connectivity index (χ2v) is 5.74. The van der Waals surface area contributed by atoms with Crippen molar-refractivity contribution in [3.05, 3.63) is 34.6 Å². The van der Waals surface area contributed by atoms with Crippen molar-refractivity contribution in [3.8, 4) is 0 Å². The highest BCUT2D eigenvalue weighted by Crippen LogP contribution is 2.18. The summed E-state index contributed by atoms with van der Waals surface area (Å²) in [4.78, 5) is 39.5. The Bertz CT molecular complexity index is 770. The lowest BCUT2D eigenvalue weighted by atomic mass is 10.2. The number of methoxy groups -OCH3 is 1. The lowest BCUT2D eigenvalue weighted by Crippen LogP contribution is -2.27. The Morgan fingerprint density at radius 1 is 1.32 bits per heavy atom. The van der Waals surface area contributed by atoms with Crippen LogP contribution in [0.15, 0.2) is 34.2 Å². The Kier molecular flexibility index (Phi) is 5.32. The van der Waals surface area contributed by atoms with Gasteiger partial charge < -0.3 is 4.74 Å². The van der Waals surface area contributed by atoms with Crippen LogP contribution in [0.25, 0.3) is 10.9 Å². The van der Waals surface area contributed by atoms with Crippen LogP contribution in [0, 0.1) is 0 Å². The lowest BCUT2D eigenvalue weighted by Gasteiger charge is -2.11. The topological polar surface area (TPSA) is 78.3 Å². The van der Waals surface area contributed by atoms with Crippen molar-refractivity contribution < 1.29 is 14.3 Å². The lowest BCUT2D eigenvalue weighted by molar-refractivity contribution is -0.141. The summed E-state index contributed by atoms with van der Waals surface area (Å²) < 4.78 is 5.92. The number of benzene rings is 1. The summed E-state index contributed by atoms with van der Waals surface area (Å²) in [6, 6.07) is 6.95. The molecule has 0 aliphatic rings. The average molecular weight is 320 g/mol. The van der Waals surface area contributed by atoms with E-state index in [0.29, 0.717) is 28.2 Å². The van der Waals surface area contributed by atoms with Crippen molar-refractivity contribution in [2.24, 2.45) is 0 Å². The van der Waals surface area contributed by atoms with Crippen LogP contribution < -0.4 is 5.56 Å². The maximum Gasteiger partial charge on any atom is 0.325 e. The number of hydrogen-bond acceptors (Lipinski definition) is 6. The van der Waals surface area contributed by atoms with Gasteiger partial charge in [0, 0.05) is 12.2 Å². The number of aromatic nitrogens is 2. The number of para-hydroxylation sites is 1. The zero-order valence-corrected chi connectivity index (χ0v) is 13.2. The van der Waals surface area contributed by atoms with Gasteiger partial charge in [-0.2, -0.15) is 0 Å². The number of ether oxygens (including phenoxy) is 1. The normalized spacial score (nSPS) is 10.6. The Labute approximate surface area is 131 Å². The molecule has 0 fully saturated rings. The molecule has 0 saturated carbocycles. The first kappa shape index (κ1) is 16.2. The number of rotatable bonds is 6. The summed E-state index contributed by atoms with van der Waals surface area (Å²) in [5.74, 6) is 0.0455. The molecular weight excluding hydrogens is 304 g/mol. The summed E-state index contributed by atoms with van der Waals surface area (Å²) >= 11 is 1.28. The van der Waals surface area contributed by atoms with Gasteiger partial charge in [-0.05, 0) is 19.1 Å². The summed E-state index contributed by atoms with van der Waals surface area (Å²) in [7, 11) is 1.27. The fourth-order valence-corrected chi connectivity index (χ4v) is 2.92. The maximum absolute atomic E-state index is 12.5. The number of thioether (sulfide) groups is 1. The van der Waals surface area contributed by atoms with E-state index in [2.05, 4.69) is 9.72 Å². The Morgan fingerprint density at radius 3 is 2.73 bits per heavy atom. The molecule has 1 aromatic heterocycles. The number of fused-ring (bicyclic) bond motifs is 1. The zero-order chi connectivity index (χ0) is 16.1. The predicted octanol–water partition coefficient (Wildman–Crippen LogP) is 1.64. The number of carbonyl (C=O) groups is 2. The second-order valence-electron chi connectivity index (χ2n) is 4.68. The van der Waals surface area contributed by atoms with Gasteiger partial charge in [-0.15, -0.1) is 0 Å². The minimum absolute atomic E-state index is 0.0650. The SMILES string of the molecule is COC(=O)Cn1c(SCCC(C)=O)nc2ccccc2c1=O. The fraction of sp³-hybridized carbons (Fsp3) is 0.333. The highest BCUT2D eigenvalue weighted by atomic mass is 32.2. The van der Waals surface area contributed by atoms with E-state index in [-0.39, 0.29) is 17.9 Å². The van der Waals surface area contributed by atoms with Gasteiger partial charge in [-0.3, -0.25) is 19.0 Å². The van der Waals surface area contributed by atoms with Crippen molar-refractivity contribution >= 4 is 34.4 Å². The molecule has 6 nitrogen and oxygen atoms in total. The molecule has 0 N–H and O–H groups in total. The van der Waals surface area contributed by atoms with E-state index in [1.54, 1.807) is 24.3 Å². The van der Waals surface area contributed by atoms with Crippen LogP contribution in [0.4, 0.5) is 0 Å². The van der Waals surface area contributed by atoms with E-state index in [1.807, 2.05) is 0 Å². The van der Waals surface area contributed by atoms with Crippen LogP contribution in [-0.4, -0.2) is 34.2 Å². The van der Waals surface area contributed by atoms with Gasteiger partial charge in [0.25, 0.3) is 5.56 Å². The maximum atomic E-state index is 12.5. The van der Waals surface area contributed by atoms with E-state index in [0.717, 1.165) is 0 Å². The van der Waals surface area contributed by atoms with Crippen LogP contribution >= 0.6 is 11.8 Å². The number of Topliss-reactive ketones (excluding diaryl/α,β-unsaturated/α-hetero) is 1. The van der Waals surface area contributed by atoms with Gasteiger partial charge >= 0.3 is 5.97 Å². The van der Waals surface area contributed by atoms with Crippen LogP contribution in [-0.2, 0) is 20.9 Å². The first-order chi connectivity index (χ1) is 10.5. The van der Waals surface area contributed by atoms with Crippen molar-refractivity contribution in [1.82, 2.24) is 9.55 Å². The largest absolute Gasteiger partial charge is 0.468 e. The monoisotopic (exact) mass is 320 g/mol. The highest BCUT2D eigenvalue weighted by molar-refractivity contribution is 7.99. The van der Waals surface area contributed by atoms with E-state index in [9.17, 15) is 14.4 Å². The zero-order valence-electron chi connectivity index (χ0n) is 12.4. The molecule has 0 radical (unpaired) electrons. The minimum atomic E-state index is -0.521. The standard InChI is InChI=1S/C15H16N2O4S/c1-10(18)7-8-22-15-16-12-6-4-3-5-11(12)14(20)17(15)9-13(19)21-2/h3-6H,7-9H2,1-2H3. The van der Waals surface area contributed by atoms with E-state index in [4.69, 9.17) is 0 Å². The van der Waals surface area contributed by atoms with Crippen molar-refractivity contribution in [2.75, 3.05) is 12.9 Å². The van der Waals surface area contributed by atoms with Crippen molar-refractivity contribution in [1.29, 1.82) is 0 Å². The summed E-state index contributed by atoms with van der Waals surface area (Å²) in [5, 5.41) is 0.859. The third-order valence-corrected chi connectivity index (χ3v) is 4.00. The fourth-order valence-electron chi connectivity index (χ4n) is 1.88. The molecule has 0 spiro atoms. The molecule has 0 amide bonds. The number of hydrogen-bond donors (Lipinski definition) is 0. The van der Waals surface area contributed by atoms with Gasteiger partial charge in [0.05, 0.1) is 18.0 Å². The van der Waals surface area contributed by atoms with E-state index >= 15 is 0 Å². The second kappa shape index (κ2) is 7.22. The van der Waals surface area contributed by atoms with Crippen molar-refractivity contribution in [2.45, 2.75) is 25.0 Å². The molecule has 0 unspecified atom stereocenters. The van der Waals surface area contributed by atoms with Crippen LogP contribution in [0.1, 0.15) is 13.3 Å². The molecule has 0 aliphatic carbocycles. The molecular formula is C15H16N2O4S. The molecule has 1 heterocycles. The predicted molar refractivity (Wildman–Crippen MR) is 84.0 cm³/mol. The first-order valence-electron chi connectivity index (χ1n) is 6.71. The Balaban J connectivity index is 2.45. The molecule has 2 rings (SSSR count). The van der Waals surface area contributed by atoms with Gasteiger partial charge in [0.15, 0.2) is 5.16 Å². The van der Waals surface area contributed by atoms with Crippen molar-refractivity contribution in [3.63, 3.8) is 0 Å². The quantitative estimate of drug-likeness (QED) is 0.457. The van der Waals surface area contributed by atoms with Gasteiger partial charge in [-0.1, -0.05) is 23.9 Å². The third kappa shape index (κ3) is 3.73. The number of esters is 1. The summed E-state index contributed by atoms with van der Waals surface area (Å²) in [6.45, 7) is 1.31. The number of ketones is 1. The molecule has 0 atom stereocenters. The van der Waals surface area contributed by atoms with E-state index < -0.39 is 5.97 Å². The molecule has 1 aromatic carbocycles. The van der Waals surface area contributed by atoms with Gasteiger partial charge in [-0.25, -0.2) is 4.98 Å². The average Bonchev–Trinajstić information content (AvgIpc) is 2.50. The van der Waals surface area contributed by atoms with Gasteiger partial charge in [0.2, 0.25) is 0 Å². The molecule has 7 heteroatoms. The molecule has 116 valence electrons. The number of carbonyl (C=O) groups excluding carboxylic acids is 2. The first-order valence-corrected chi connectivity index (χ1v) is 7.70.